The number of aliphatic carboxylic acids is 1. The molecule has 23 heavy (non-hydrogen) atoms. The van der Waals surface area contributed by atoms with Gasteiger partial charge in [-0.2, -0.15) is 0 Å². The van der Waals surface area contributed by atoms with E-state index in [-0.39, 0.29) is 0 Å². The van der Waals surface area contributed by atoms with Gasteiger partial charge in [0.1, 0.15) is 0 Å². The maximum Gasteiger partial charge on any atom is 0.300 e. The third kappa shape index (κ3) is 4.78. The van der Waals surface area contributed by atoms with E-state index < -0.39 is 5.97 Å². The second kappa shape index (κ2) is 8.65. The number of hydrogen-bond acceptors (Lipinski definition) is 3. The molecular formula is C19H23NO2S. The van der Waals surface area contributed by atoms with Crippen molar-refractivity contribution < 1.29 is 9.90 Å². The number of aryl methyl sites for hydroxylation is 2. The third-order valence-electron chi connectivity index (χ3n) is 3.71. The lowest BCUT2D eigenvalue weighted by atomic mass is 9.95. The van der Waals surface area contributed by atoms with Gasteiger partial charge >= 0.3 is 0 Å². The van der Waals surface area contributed by atoms with Gasteiger partial charge in [0.15, 0.2) is 0 Å². The van der Waals surface area contributed by atoms with Crippen LogP contribution in [0, 0.1) is 0 Å². The van der Waals surface area contributed by atoms with Crippen LogP contribution in [-0.4, -0.2) is 24.7 Å². The molecule has 0 unspecified atom stereocenters. The molecule has 0 radical (unpaired) electrons. The molecule has 1 aliphatic rings. The Hall–Kier alpha value is -1.91. The van der Waals surface area contributed by atoms with Crippen LogP contribution in [0.2, 0.25) is 0 Å². The lowest BCUT2D eigenvalue weighted by Gasteiger charge is -2.09. The topological polar surface area (TPSA) is 49.3 Å². The molecule has 0 spiro atoms. The molecule has 0 amide bonds. The van der Waals surface area contributed by atoms with Gasteiger partial charge in [-0.1, -0.05) is 30.3 Å². The first-order valence-corrected chi connectivity index (χ1v) is 8.70. The van der Waals surface area contributed by atoms with Crippen molar-refractivity contribution in [2.24, 2.45) is 0 Å². The van der Waals surface area contributed by atoms with E-state index in [9.17, 15) is 0 Å². The molecule has 4 heteroatoms. The van der Waals surface area contributed by atoms with E-state index in [1.54, 1.807) is 0 Å². The molecule has 0 bridgehead atoms. The SMILES string of the molecule is CC(=O)O.CNCC/C=C1\c2ccccc2CCc2sccc21. The number of carboxylic acids is 1. The molecule has 0 saturated heterocycles. The molecule has 2 N–H and O–H groups in total. The molecule has 0 saturated carbocycles. The fourth-order valence-corrected chi connectivity index (χ4v) is 3.64. The highest BCUT2D eigenvalue weighted by Gasteiger charge is 2.18. The molecule has 0 fully saturated rings. The number of benzene rings is 1. The largest absolute Gasteiger partial charge is 0.481 e. The highest BCUT2D eigenvalue weighted by molar-refractivity contribution is 7.10. The standard InChI is InChI=1S/C17H19NS.C2H4O2/c1-18-11-4-7-15-14-6-3-2-5-13(14)8-9-17-16(15)10-12-19-17;1-2(3)4/h2-3,5-7,10,12,18H,4,8-9,11H2,1H3;1H3,(H,3,4)/b15-7+;. The maximum atomic E-state index is 9.00. The number of carbonyl (C=O) groups is 1. The van der Waals surface area contributed by atoms with Crippen molar-refractivity contribution in [3.63, 3.8) is 0 Å². The minimum absolute atomic E-state index is 0.833. The van der Waals surface area contributed by atoms with Gasteiger partial charge in [0.05, 0.1) is 0 Å². The summed E-state index contributed by atoms with van der Waals surface area (Å²) in [5.74, 6) is -0.833. The highest BCUT2D eigenvalue weighted by Crippen LogP contribution is 2.36. The Kier molecular flexibility index (Phi) is 6.56. The van der Waals surface area contributed by atoms with Gasteiger partial charge in [0.25, 0.3) is 5.97 Å². The minimum atomic E-state index is -0.833. The lowest BCUT2D eigenvalue weighted by molar-refractivity contribution is -0.134. The van der Waals surface area contributed by atoms with Gasteiger partial charge in [-0.3, -0.25) is 4.79 Å². The van der Waals surface area contributed by atoms with Crippen molar-refractivity contribution in [2.75, 3.05) is 13.6 Å². The smallest absolute Gasteiger partial charge is 0.300 e. The van der Waals surface area contributed by atoms with Crippen LogP contribution in [0.5, 0.6) is 0 Å². The van der Waals surface area contributed by atoms with Crippen LogP contribution in [0.3, 0.4) is 0 Å². The van der Waals surface area contributed by atoms with Crippen molar-refractivity contribution in [1.29, 1.82) is 0 Å². The van der Waals surface area contributed by atoms with E-state index in [1.807, 2.05) is 18.4 Å². The molecule has 3 nitrogen and oxygen atoms in total. The van der Waals surface area contributed by atoms with E-state index in [1.165, 1.54) is 33.6 Å². The molecule has 0 aliphatic heterocycles. The maximum absolute atomic E-state index is 9.00. The summed E-state index contributed by atoms with van der Waals surface area (Å²) in [5.41, 5.74) is 5.79. The average molecular weight is 329 g/mol. The lowest BCUT2D eigenvalue weighted by Crippen LogP contribution is -2.06. The zero-order valence-corrected chi connectivity index (χ0v) is 14.5. The van der Waals surface area contributed by atoms with Crippen LogP contribution in [0.25, 0.3) is 5.57 Å². The Balaban J connectivity index is 0.000000433. The Bertz CT molecular complexity index is 684. The predicted octanol–water partition coefficient (Wildman–Crippen LogP) is 3.98. The summed E-state index contributed by atoms with van der Waals surface area (Å²) in [5, 5.41) is 12.9. The van der Waals surface area contributed by atoms with E-state index in [2.05, 4.69) is 47.1 Å². The molecule has 3 rings (SSSR count). The van der Waals surface area contributed by atoms with Crippen LogP contribution in [-0.2, 0) is 17.6 Å². The predicted molar refractivity (Wildman–Crippen MR) is 97.1 cm³/mol. The van der Waals surface area contributed by atoms with Crippen molar-refractivity contribution in [3.8, 4) is 0 Å². The fourth-order valence-electron chi connectivity index (χ4n) is 2.75. The third-order valence-corrected chi connectivity index (χ3v) is 4.69. The van der Waals surface area contributed by atoms with E-state index in [0.717, 1.165) is 26.3 Å². The number of rotatable bonds is 3. The van der Waals surface area contributed by atoms with Gasteiger partial charge in [0, 0.05) is 11.8 Å². The van der Waals surface area contributed by atoms with E-state index >= 15 is 0 Å². The summed E-state index contributed by atoms with van der Waals surface area (Å²) in [6.45, 7) is 2.12. The zero-order valence-electron chi connectivity index (χ0n) is 13.6. The number of hydrogen-bond donors (Lipinski definition) is 2. The molecule has 0 atom stereocenters. The first-order valence-electron chi connectivity index (χ1n) is 7.82. The molecule has 2 aromatic rings. The van der Waals surface area contributed by atoms with Crippen LogP contribution >= 0.6 is 11.3 Å². The first-order chi connectivity index (χ1) is 11.1. The Morgan fingerprint density at radius 3 is 2.74 bits per heavy atom. The summed E-state index contributed by atoms with van der Waals surface area (Å²) in [6.07, 6.45) is 5.81. The van der Waals surface area contributed by atoms with Crippen LogP contribution in [0.1, 0.15) is 34.9 Å². The number of carboxylic acid groups (broad SMARTS) is 1. The number of thiophene rings is 1. The molecule has 1 aromatic heterocycles. The second-order valence-electron chi connectivity index (χ2n) is 5.44. The van der Waals surface area contributed by atoms with E-state index in [4.69, 9.17) is 9.90 Å². The van der Waals surface area contributed by atoms with Gasteiger partial charge in [-0.25, -0.2) is 0 Å². The number of nitrogens with one attached hydrogen (secondary N) is 1. The van der Waals surface area contributed by atoms with Gasteiger partial charge in [0.2, 0.25) is 0 Å². The Morgan fingerprint density at radius 2 is 2.00 bits per heavy atom. The average Bonchev–Trinajstić information content (AvgIpc) is 2.92. The normalized spacial score (nSPS) is 14.3. The van der Waals surface area contributed by atoms with Gasteiger partial charge in [-0.05, 0) is 66.6 Å². The summed E-state index contributed by atoms with van der Waals surface area (Å²) in [4.78, 5) is 10.5. The molecule has 122 valence electrons. The van der Waals surface area contributed by atoms with Gasteiger partial charge in [-0.15, -0.1) is 11.3 Å². The molecule has 1 heterocycles. The first kappa shape index (κ1) is 17.4. The monoisotopic (exact) mass is 329 g/mol. The Morgan fingerprint density at radius 1 is 1.26 bits per heavy atom. The van der Waals surface area contributed by atoms with Crippen LogP contribution < -0.4 is 5.32 Å². The summed E-state index contributed by atoms with van der Waals surface area (Å²) in [6, 6.07) is 11.1. The molecular weight excluding hydrogens is 306 g/mol. The quantitative estimate of drug-likeness (QED) is 0.838. The van der Waals surface area contributed by atoms with Gasteiger partial charge < -0.3 is 10.4 Å². The summed E-state index contributed by atoms with van der Waals surface area (Å²) >= 11 is 1.90. The summed E-state index contributed by atoms with van der Waals surface area (Å²) in [7, 11) is 2.01. The zero-order chi connectivity index (χ0) is 16.7. The van der Waals surface area contributed by atoms with Crippen LogP contribution in [0.4, 0.5) is 0 Å². The van der Waals surface area contributed by atoms with Crippen molar-refractivity contribution in [2.45, 2.75) is 26.2 Å². The van der Waals surface area contributed by atoms with Crippen LogP contribution in [0.15, 0.2) is 41.8 Å². The fraction of sp³-hybridized carbons (Fsp3) is 0.316. The minimum Gasteiger partial charge on any atom is -0.481 e. The van der Waals surface area contributed by atoms with E-state index in [0.29, 0.717) is 0 Å². The second-order valence-corrected chi connectivity index (χ2v) is 6.44. The van der Waals surface area contributed by atoms with Crippen molar-refractivity contribution in [1.82, 2.24) is 5.32 Å². The van der Waals surface area contributed by atoms with Crippen molar-refractivity contribution in [3.05, 3.63) is 63.4 Å². The number of fused-ring (bicyclic) bond motifs is 2. The summed E-state index contributed by atoms with van der Waals surface area (Å²) < 4.78 is 0. The van der Waals surface area contributed by atoms with Crippen molar-refractivity contribution >= 4 is 22.9 Å². The molecule has 1 aliphatic carbocycles. The Labute approximate surface area is 141 Å². The highest BCUT2D eigenvalue weighted by atomic mass is 32.1. The molecule has 1 aromatic carbocycles.